The summed E-state index contributed by atoms with van der Waals surface area (Å²) in [5.41, 5.74) is 10.2. The first-order chi connectivity index (χ1) is 17.0. The Balaban J connectivity index is 1.28. The lowest BCUT2D eigenvalue weighted by Gasteiger charge is -2.18. The molecule has 4 aromatic heterocycles. The van der Waals surface area contributed by atoms with Crippen molar-refractivity contribution in [2.45, 2.75) is 20.0 Å². The average molecular weight is 466 g/mol. The van der Waals surface area contributed by atoms with Crippen molar-refractivity contribution >= 4 is 28.1 Å². The predicted octanol–water partition coefficient (Wildman–Crippen LogP) is 4.20. The molecule has 5 aromatic rings. The van der Waals surface area contributed by atoms with E-state index in [2.05, 4.69) is 69.5 Å². The monoisotopic (exact) mass is 465 g/mol. The molecule has 1 aromatic carbocycles. The second-order valence-electron chi connectivity index (χ2n) is 9.37. The van der Waals surface area contributed by atoms with E-state index in [1.807, 2.05) is 48.2 Å². The highest BCUT2D eigenvalue weighted by molar-refractivity contribution is 6.02. The number of carbonyl (C=O) groups is 1. The van der Waals surface area contributed by atoms with Crippen LogP contribution in [0, 0.1) is 6.92 Å². The fourth-order valence-corrected chi connectivity index (χ4v) is 4.76. The minimum absolute atomic E-state index is 0.0559. The third-order valence-corrected chi connectivity index (χ3v) is 6.62. The van der Waals surface area contributed by atoms with E-state index in [1.165, 1.54) is 0 Å². The molecule has 5 heterocycles. The molecule has 0 spiro atoms. The van der Waals surface area contributed by atoms with E-state index in [0.717, 1.165) is 51.8 Å². The largest absolute Gasteiger partial charge is 0.345 e. The van der Waals surface area contributed by atoms with Crippen molar-refractivity contribution in [3.8, 4) is 11.1 Å². The number of nitrogens with zero attached hydrogens (tertiary/aromatic N) is 6. The van der Waals surface area contributed by atoms with E-state index >= 15 is 0 Å². The molecule has 1 amide bonds. The number of aryl methyl sites for hydroxylation is 1. The molecule has 0 saturated carbocycles. The average Bonchev–Trinajstić information content (AvgIpc) is 3.53. The molecular weight excluding hydrogens is 438 g/mol. The van der Waals surface area contributed by atoms with Crippen LogP contribution >= 0.6 is 0 Å². The SMILES string of the molecule is Cc1ccc2c(-c3cccc4c3CN(Nc3cc5ccn(CCN(C)C)c5cn3)C4=O)cnn2c1. The Bertz CT molecular complexity index is 1580. The molecule has 35 heavy (non-hydrogen) atoms. The Labute approximate surface area is 203 Å². The van der Waals surface area contributed by atoms with Gasteiger partial charge in [0.1, 0.15) is 5.82 Å². The topological polar surface area (TPSA) is 70.7 Å². The third-order valence-electron chi connectivity index (χ3n) is 6.62. The molecule has 0 atom stereocenters. The fraction of sp³-hybridized carbons (Fsp3) is 0.222. The van der Waals surface area contributed by atoms with Gasteiger partial charge in [-0.3, -0.25) is 10.2 Å². The van der Waals surface area contributed by atoms with E-state index in [4.69, 9.17) is 0 Å². The molecule has 0 unspecified atom stereocenters. The number of carbonyl (C=O) groups excluding carboxylic acids is 1. The summed E-state index contributed by atoms with van der Waals surface area (Å²) >= 11 is 0. The molecule has 0 aliphatic carbocycles. The number of hydrazine groups is 1. The molecule has 0 bridgehead atoms. The number of amides is 1. The molecule has 1 N–H and O–H groups in total. The van der Waals surface area contributed by atoms with Gasteiger partial charge in [-0.15, -0.1) is 0 Å². The first kappa shape index (κ1) is 21.4. The van der Waals surface area contributed by atoms with Gasteiger partial charge in [-0.1, -0.05) is 18.2 Å². The molecular formula is C27H27N7O. The van der Waals surface area contributed by atoms with Crippen LogP contribution in [0.25, 0.3) is 27.5 Å². The van der Waals surface area contributed by atoms with Gasteiger partial charge in [0.2, 0.25) is 0 Å². The Morgan fingerprint density at radius 2 is 1.89 bits per heavy atom. The summed E-state index contributed by atoms with van der Waals surface area (Å²) in [7, 11) is 4.14. The summed E-state index contributed by atoms with van der Waals surface area (Å²) in [6, 6.07) is 14.1. The maximum atomic E-state index is 13.3. The number of likely N-dealkylation sites (N-methyl/N-ethyl adjacent to an activating group) is 1. The van der Waals surface area contributed by atoms with Crippen LogP contribution in [0.3, 0.4) is 0 Å². The Hall–Kier alpha value is -4.17. The van der Waals surface area contributed by atoms with Gasteiger partial charge in [-0.2, -0.15) is 5.10 Å². The first-order valence-electron chi connectivity index (χ1n) is 11.7. The molecule has 0 fully saturated rings. The third kappa shape index (κ3) is 3.72. The number of fused-ring (bicyclic) bond motifs is 3. The first-order valence-corrected chi connectivity index (χ1v) is 11.7. The number of rotatable bonds is 6. The molecule has 1 aliphatic heterocycles. The van der Waals surface area contributed by atoms with Crippen LogP contribution < -0.4 is 5.43 Å². The van der Waals surface area contributed by atoms with E-state index in [1.54, 1.807) is 5.01 Å². The van der Waals surface area contributed by atoms with Gasteiger partial charge in [-0.25, -0.2) is 14.5 Å². The van der Waals surface area contributed by atoms with Gasteiger partial charge >= 0.3 is 0 Å². The highest BCUT2D eigenvalue weighted by atomic mass is 16.2. The molecule has 0 radical (unpaired) electrons. The summed E-state index contributed by atoms with van der Waals surface area (Å²) in [4.78, 5) is 20.0. The van der Waals surface area contributed by atoms with Gasteiger partial charge < -0.3 is 9.47 Å². The van der Waals surface area contributed by atoms with Gasteiger partial charge in [0.05, 0.1) is 30.0 Å². The molecule has 176 valence electrons. The molecule has 1 aliphatic rings. The Kier molecular flexibility index (Phi) is 5.04. The zero-order valence-electron chi connectivity index (χ0n) is 20.1. The van der Waals surface area contributed by atoms with Crippen LogP contribution in [-0.4, -0.2) is 55.6 Å². The predicted molar refractivity (Wildman–Crippen MR) is 137 cm³/mol. The number of pyridine rings is 2. The van der Waals surface area contributed by atoms with E-state index in [9.17, 15) is 4.79 Å². The van der Waals surface area contributed by atoms with Crippen LogP contribution in [0.1, 0.15) is 21.5 Å². The quantitative estimate of drug-likeness (QED) is 0.407. The van der Waals surface area contributed by atoms with Crippen molar-refractivity contribution in [2.24, 2.45) is 0 Å². The molecule has 8 nitrogen and oxygen atoms in total. The van der Waals surface area contributed by atoms with E-state index < -0.39 is 0 Å². The smallest absolute Gasteiger partial charge is 0.272 e. The Morgan fingerprint density at radius 1 is 1.03 bits per heavy atom. The lowest BCUT2D eigenvalue weighted by Crippen LogP contribution is -2.30. The molecule has 0 saturated heterocycles. The number of nitrogens with one attached hydrogen (secondary N) is 1. The van der Waals surface area contributed by atoms with Crippen LogP contribution in [0.5, 0.6) is 0 Å². The number of hydrogen-bond acceptors (Lipinski definition) is 5. The lowest BCUT2D eigenvalue weighted by molar-refractivity contribution is 0.0814. The maximum absolute atomic E-state index is 13.3. The van der Waals surface area contributed by atoms with Crippen LogP contribution in [0.2, 0.25) is 0 Å². The van der Waals surface area contributed by atoms with Crippen molar-refractivity contribution in [1.29, 1.82) is 0 Å². The normalized spacial score (nSPS) is 13.4. The summed E-state index contributed by atoms with van der Waals surface area (Å²) in [6.45, 7) is 4.36. The van der Waals surface area contributed by atoms with Gasteiger partial charge in [0.25, 0.3) is 5.91 Å². The highest BCUT2D eigenvalue weighted by Gasteiger charge is 2.30. The van der Waals surface area contributed by atoms with Crippen molar-refractivity contribution in [3.05, 3.63) is 83.9 Å². The van der Waals surface area contributed by atoms with Crippen LogP contribution in [0.4, 0.5) is 5.82 Å². The number of aromatic nitrogens is 4. The summed E-state index contributed by atoms with van der Waals surface area (Å²) in [5, 5.41) is 7.26. The lowest BCUT2D eigenvalue weighted by atomic mass is 9.98. The number of anilines is 1. The van der Waals surface area contributed by atoms with E-state index in [0.29, 0.717) is 17.9 Å². The maximum Gasteiger partial charge on any atom is 0.272 e. The standard InChI is InChI=1S/C27H27N7O/c1-18-7-8-24-22(14-29-33(24)16-18)20-5-4-6-21-23(20)17-34(27(21)35)30-26-13-19-9-10-32(12-11-31(2)3)25(19)15-28-26/h4-10,13-16H,11-12,17H2,1-3H3,(H,28,30). The Morgan fingerprint density at radius 3 is 2.74 bits per heavy atom. The number of hydrogen-bond donors (Lipinski definition) is 1. The van der Waals surface area contributed by atoms with Crippen molar-refractivity contribution in [2.75, 3.05) is 26.1 Å². The fourth-order valence-electron chi connectivity index (χ4n) is 4.76. The minimum Gasteiger partial charge on any atom is -0.345 e. The number of benzene rings is 1. The van der Waals surface area contributed by atoms with Gasteiger partial charge in [0.15, 0.2) is 0 Å². The highest BCUT2D eigenvalue weighted by Crippen LogP contribution is 2.35. The van der Waals surface area contributed by atoms with Crippen molar-refractivity contribution < 1.29 is 4.79 Å². The zero-order valence-corrected chi connectivity index (χ0v) is 20.1. The van der Waals surface area contributed by atoms with Crippen LogP contribution in [0.15, 0.2) is 67.3 Å². The van der Waals surface area contributed by atoms with E-state index in [-0.39, 0.29) is 5.91 Å². The second kappa shape index (κ2) is 8.25. The summed E-state index contributed by atoms with van der Waals surface area (Å²) in [5.74, 6) is 0.594. The molecule has 6 rings (SSSR count). The summed E-state index contributed by atoms with van der Waals surface area (Å²) in [6.07, 6.45) is 7.84. The molecule has 8 heteroatoms. The van der Waals surface area contributed by atoms with Gasteiger partial charge in [0, 0.05) is 42.0 Å². The van der Waals surface area contributed by atoms with Gasteiger partial charge in [-0.05, 0) is 62.0 Å². The summed E-state index contributed by atoms with van der Waals surface area (Å²) < 4.78 is 4.09. The second-order valence-corrected chi connectivity index (χ2v) is 9.37. The minimum atomic E-state index is -0.0559. The van der Waals surface area contributed by atoms with Crippen molar-refractivity contribution in [1.82, 2.24) is 29.1 Å². The van der Waals surface area contributed by atoms with Crippen molar-refractivity contribution in [3.63, 3.8) is 0 Å². The van der Waals surface area contributed by atoms with Crippen LogP contribution in [-0.2, 0) is 13.1 Å². The zero-order chi connectivity index (χ0) is 24.1.